The van der Waals surface area contributed by atoms with Gasteiger partial charge in [-0.25, -0.2) is 0 Å². The van der Waals surface area contributed by atoms with Crippen LogP contribution >= 0.6 is 0 Å². The van der Waals surface area contributed by atoms with E-state index in [-0.39, 0.29) is 6.10 Å². The highest BCUT2D eigenvalue weighted by Crippen LogP contribution is 2.24. The van der Waals surface area contributed by atoms with Crippen LogP contribution in [-0.2, 0) is 9.53 Å². The molecule has 104 valence electrons. The molecule has 2 saturated heterocycles. The molecule has 4 heteroatoms. The van der Waals surface area contributed by atoms with Crippen molar-refractivity contribution in [1.82, 2.24) is 4.90 Å². The maximum Gasteiger partial charge on any atom is 0.225 e. The van der Waals surface area contributed by atoms with Crippen molar-refractivity contribution < 1.29 is 9.53 Å². The van der Waals surface area contributed by atoms with Crippen LogP contribution in [0.15, 0.2) is 0 Å². The van der Waals surface area contributed by atoms with Gasteiger partial charge in [-0.1, -0.05) is 0 Å². The molecule has 2 aliphatic rings. The first-order chi connectivity index (χ1) is 8.81. The fourth-order valence-corrected chi connectivity index (χ4v) is 3.10. The van der Waals surface area contributed by atoms with E-state index in [4.69, 9.17) is 10.5 Å². The average Bonchev–Trinajstić information content (AvgIpc) is 2.86. The number of rotatable bonds is 5. The third kappa shape index (κ3) is 3.69. The molecule has 0 saturated carbocycles. The summed E-state index contributed by atoms with van der Waals surface area (Å²) in [6.07, 6.45) is 8.53. The first-order valence-electron chi connectivity index (χ1n) is 7.42. The van der Waals surface area contributed by atoms with Gasteiger partial charge in [0, 0.05) is 19.2 Å². The monoisotopic (exact) mass is 254 g/mol. The van der Waals surface area contributed by atoms with Gasteiger partial charge >= 0.3 is 0 Å². The molecular weight excluding hydrogens is 228 g/mol. The van der Waals surface area contributed by atoms with E-state index in [2.05, 4.69) is 4.90 Å². The Morgan fingerprint density at radius 2 is 2.17 bits per heavy atom. The van der Waals surface area contributed by atoms with E-state index in [9.17, 15) is 4.79 Å². The zero-order chi connectivity index (χ0) is 12.8. The first-order valence-corrected chi connectivity index (χ1v) is 7.42. The van der Waals surface area contributed by atoms with Crippen LogP contribution in [0.1, 0.15) is 51.4 Å². The number of ether oxygens (including phenoxy) is 1. The van der Waals surface area contributed by atoms with Crippen LogP contribution in [0.3, 0.4) is 0 Å². The maximum absolute atomic E-state index is 12.3. The lowest BCUT2D eigenvalue weighted by Crippen LogP contribution is -2.38. The highest BCUT2D eigenvalue weighted by atomic mass is 16.5. The molecule has 0 radical (unpaired) electrons. The third-order valence-corrected chi connectivity index (χ3v) is 4.12. The van der Waals surface area contributed by atoms with Crippen molar-refractivity contribution in [2.45, 2.75) is 63.5 Å². The Morgan fingerprint density at radius 3 is 2.89 bits per heavy atom. The van der Waals surface area contributed by atoms with Crippen molar-refractivity contribution >= 4 is 5.91 Å². The van der Waals surface area contributed by atoms with E-state index in [0.29, 0.717) is 18.4 Å². The molecule has 0 aliphatic carbocycles. The summed E-state index contributed by atoms with van der Waals surface area (Å²) in [6, 6.07) is 0.435. The molecule has 0 bridgehead atoms. The summed E-state index contributed by atoms with van der Waals surface area (Å²) in [6.45, 7) is 2.49. The smallest absolute Gasteiger partial charge is 0.225 e. The molecule has 0 aromatic heterocycles. The predicted octanol–water partition coefficient (Wildman–Crippen LogP) is 1.68. The molecule has 4 nitrogen and oxygen atoms in total. The summed E-state index contributed by atoms with van der Waals surface area (Å²) < 4.78 is 5.66. The lowest BCUT2D eigenvalue weighted by Gasteiger charge is -2.28. The Morgan fingerprint density at radius 1 is 1.28 bits per heavy atom. The van der Waals surface area contributed by atoms with Crippen LogP contribution < -0.4 is 5.73 Å². The van der Waals surface area contributed by atoms with Gasteiger partial charge in [0.25, 0.3) is 0 Å². The minimum atomic E-state index is 0.169. The number of hydrogen-bond acceptors (Lipinski definition) is 3. The van der Waals surface area contributed by atoms with Crippen molar-refractivity contribution in [2.24, 2.45) is 5.73 Å². The molecule has 2 rings (SSSR count). The highest BCUT2D eigenvalue weighted by Gasteiger charge is 2.29. The second-order valence-electron chi connectivity index (χ2n) is 5.51. The minimum absolute atomic E-state index is 0.169. The predicted molar refractivity (Wildman–Crippen MR) is 71.2 cm³/mol. The average molecular weight is 254 g/mol. The lowest BCUT2D eigenvalue weighted by molar-refractivity contribution is -0.136. The number of carbonyl (C=O) groups is 1. The molecular formula is C14H26N2O2. The molecule has 0 spiro atoms. The second-order valence-corrected chi connectivity index (χ2v) is 5.51. The van der Waals surface area contributed by atoms with Crippen LogP contribution in [0.25, 0.3) is 0 Å². The SMILES string of the molecule is NCCCC1CCCN1C(=O)CC1CCCCO1. The molecule has 2 heterocycles. The van der Waals surface area contributed by atoms with Crippen LogP contribution in [0.5, 0.6) is 0 Å². The van der Waals surface area contributed by atoms with E-state index >= 15 is 0 Å². The van der Waals surface area contributed by atoms with Gasteiger partial charge in [0.2, 0.25) is 5.91 Å². The number of nitrogens with two attached hydrogens (primary N) is 1. The highest BCUT2D eigenvalue weighted by molar-refractivity contribution is 5.77. The Kier molecular flexibility index (Phi) is 5.45. The molecule has 0 aromatic carbocycles. The molecule has 2 atom stereocenters. The normalized spacial score (nSPS) is 28.6. The number of likely N-dealkylation sites (tertiary alicyclic amines) is 1. The fraction of sp³-hybridized carbons (Fsp3) is 0.929. The molecule has 2 N–H and O–H groups in total. The second kappa shape index (κ2) is 7.10. The number of nitrogens with zero attached hydrogens (tertiary/aromatic N) is 1. The van der Waals surface area contributed by atoms with E-state index < -0.39 is 0 Å². The van der Waals surface area contributed by atoms with Crippen molar-refractivity contribution in [1.29, 1.82) is 0 Å². The van der Waals surface area contributed by atoms with E-state index in [0.717, 1.165) is 58.2 Å². The van der Waals surface area contributed by atoms with Gasteiger partial charge in [-0.2, -0.15) is 0 Å². The number of carbonyl (C=O) groups excluding carboxylic acids is 1. The van der Waals surface area contributed by atoms with Crippen molar-refractivity contribution in [3.63, 3.8) is 0 Å². The van der Waals surface area contributed by atoms with Crippen molar-refractivity contribution in [3.8, 4) is 0 Å². The Bertz CT molecular complexity index is 265. The van der Waals surface area contributed by atoms with Crippen LogP contribution in [0.2, 0.25) is 0 Å². The van der Waals surface area contributed by atoms with Crippen LogP contribution in [0.4, 0.5) is 0 Å². The van der Waals surface area contributed by atoms with Gasteiger partial charge < -0.3 is 15.4 Å². The summed E-state index contributed by atoms with van der Waals surface area (Å²) in [5.41, 5.74) is 5.55. The lowest BCUT2D eigenvalue weighted by atomic mass is 10.0. The summed E-state index contributed by atoms with van der Waals surface area (Å²) in [4.78, 5) is 14.4. The standard InChI is InChI=1S/C14H26N2O2/c15-8-3-5-12-6-4-9-16(12)14(17)11-13-7-1-2-10-18-13/h12-13H,1-11,15H2. The minimum Gasteiger partial charge on any atom is -0.378 e. The van der Waals surface area contributed by atoms with Crippen LogP contribution in [0, 0.1) is 0 Å². The van der Waals surface area contributed by atoms with Gasteiger partial charge in [-0.3, -0.25) is 4.79 Å². The fourth-order valence-electron chi connectivity index (χ4n) is 3.10. The van der Waals surface area contributed by atoms with E-state index in [1.54, 1.807) is 0 Å². The van der Waals surface area contributed by atoms with Gasteiger partial charge in [0.15, 0.2) is 0 Å². The third-order valence-electron chi connectivity index (χ3n) is 4.12. The molecule has 18 heavy (non-hydrogen) atoms. The van der Waals surface area contributed by atoms with Crippen molar-refractivity contribution in [2.75, 3.05) is 19.7 Å². The summed E-state index contributed by atoms with van der Waals surface area (Å²) in [5, 5.41) is 0. The molecule has 2 fully saturated rings. The zero-order valence-electron chi connectivity index (χ0n) is 11.3. The van der Waals surface area contributed by atoms with E-state index in [1.807, 2.05) is 0 Å². The number of hydrogen-bond donors (Lipinski definition) is 1. The molecule has 0 aromatic rings. The largest absolute Gasteiger partial charge is 0.378 e. The van der Waals surface area contributed by atoms with Gasteiger partial charge in [0.05, 0.1) is 12.5 Å². The quantitative estimate of drug-likeness (QED) is 0.812. The van der Waals surface area contributed by atoms with E-state index in [1.165, 1.54) is 6.42 Å². The Balaban J connectivity index is 1.79. The summed E-state index contributed by atoms with van der Waals surface area (Å²) in [7, 11) is 0. The topological polar surface area (TPSA) is 55.6 Å². The zero-order valence-corrected chi connectivity index (χ0v) is 11.3. The first kappa shape index (κ1) is 13.8. The van der Waals surface area contributed by atoms with Crippen LogP contribution in [-0.4, -0.2) is 42.6 Å². The molecule has 2 aliphatic heterocycles. The molecule has 2 unspecified atom stereocenters. The number of amides is 1. The van der Waals surface area contributed by atoms with Gasteiger partial charge in [0.1, 0.15) is 0 Å². The maximum atomic E-state index is 12.3. The Hall–Kier alpha value is -0.610. The van der Waals surface area contributed by atoms with Gasteiger partial charge in [-0.05, 0) is 51.5 Å². The van der Waals surface area contributed by atoms with Crippen molar-refractivity contribution in [3.05, 3.63) is 0 Å². The summed E-state index contributed by atoms with van der Waals surface area (Å²) >= 11 is 0. The van der Waals surface area contributed by atoms with Gasteiger partial charge in [-0.15, -0.1) is 0 Å². The summed E-state index contributed by atoms with van der Waals surface area (Å²) in [5.74, 6) is 0.293. The molecule has 1 amide bonds. The Labute approximate surface area is 110 Å².